The van der Waals surface area contributed by atoms with Crippen molar-refractivity contribution in [1.82, 2.24) is 10.6 Å². The SMILES string of the molecule is CCOc1cccc(C2NC(=O)NC(O)(C(F)(F)F)C2C(=O)c2ccc(C)cc2)c1. The maximum absolute atomic E-state index is 13.9. The Kier molecular flexibility index (Phi) is 5.76. The van der Waals surface area contributed by atoms with Gasteiger partial charge in [-0.2, -0.15) is 13.2 Å². The number of carbonyl (C=O) groups excluding carboxylic acids is 2. The van der Waals surface area contributed by atoms with E-state index in [9.17, 15) is 27.9 Å². The lowest BCUT2D eigenvalue weighted by molar-refractivity contribution is -0.287. The van der Waals surface area contributed by atoms with Crippen molar-refractivity contribution >= 4 is 11.8 Å². The number of hydrogen-bond donors (Lipinski definition) is 3. The maximum atomic E-state index is 13.9. The number of ether oxygens (including phenoxy) is 1. The third-order valence-corrected chi connectivity index (χ3v) is 4.95. The van der Waals surface area contributed by atoms with Crippen LogP contribution in [0.4, 0.5) is 18.0 Å². The predicted octanol–water partition coefficient (Wildman–Crippen LogP) is 3.50. The van der Waals surface area contributed by atoms with Crippen molar-refractivity contribution in [2.45, 2.75) is 31.8 Å². The Labute approximate surface area is 171 Å². The molecule has 0 bridgehead atoms. The van der Waals surface area contributed by atoms with Crippen molar-refractivity contribution in [3.05, 3.63) is 65.2 Å². The fraction of sp³-hybridized carbons (Fsp3) is 0.333. The number of ketones is 1. The quantitative estimate of drug-likeness (QED) is 0.644. The Morgan fingerprint density at radius 2 is 1.87 bits per heavy atom. The van der Waals surface area contributed by atoms with E-state index < -0.39 is 35.7 Å². The summed E-state index contributed by atoms with van der Waals surface area (Å²) in [6, 6.07) is 9.29. The lowest BCUT2D eigenvalue weighted by Crippen LogP contribution is -2.72. The third kappa shape index (κ3) is 3.97. The summed E-state index contributed by atoms with van der Waals surface area (Å²) in [4.78, 5) is 25.2. The molecule has 1 saturated heterocycles. The molecule has 1 heterocycles. The monoisotopic (exact) mass is 422 g/mol. The van der Waals surface area contributed by atoms with Crippen molar-refractivity contribution in [3.63, 3.8) is 0 Å². The summed E-state index contributed by atoms with van der Waals surface area (Å²) in [7, 11) is 0. The zero-order chi connectivity index (χ0) is 22.1. The van der Waals surface area contributed by atoms with E-state index in [1.165, 1.54) is 35.6 Å². The van der Waals surface area contributed by atoms with Crippen LogP contribution in [0, 0.1) is 12.8 Å². The molecule has 1 fully saturated rings. The van der Waals surface area contributed by atoms with Crippen LogP contribution in [-0.2, 0) is 0 Å². The molecule has 2 aromatic rings. The highest BCUT2D eigenvalue weighted by atomic mass is 19.4. The number of amides is 2. The number of carbonyl (C=O) groups is 2. The fourth-order valence-electron chi connectivity index (χ4n) is 3.48. The van der Waals surface area contributed by atoms with Gasteiger partial charge in [0.15, 0.2) is 5.78 Å². The number of aryl methyl sites for hydroxylation is 1. The molecular weight excluding hydrogens is 401 g/mol. The van der Waals surface area contributed by atoms with Gasteiger partial charge in [-0.05, 0) is 31.5 Å². The molecule has 30 heavy (non-hydrogen) atoms. The number of benzene rings is 2. The number of rotatable bonds is 5. The van der Waals surface area contributed by atoms with Crippen molar-refractivity contribution in [1.29, 1.82) is 0 Å². The second-order valence-corrected chi connectivity index (χ2v) is 7.05. The van der Waals surface area contributed by atoms with E-state index in [0.717, 1.165) is 5.56 Å². The molecule has 3 unspecified atom stereocenters. The Morgan fingerprint density at radius 1 is 1.20 bits per heavy atom. The number of alkyl halides is 3. The number of nitrogens with one attached hydrogen (secondary N) is 2. The van der Waals surface area contributed by atoms with Gasteiger partial charge in [0, 0.05) is 5.56 Å². The maximum Gasteiger partial charge on any atom is 0.437 e. The van der Waals surface area contributed by atoms with Gasteiger partial charge in [-0.15, -0.1) is 0 Å². The molecule has 3 atom stereocenters. The highest BCUT2D eigenvalue weighted by Crippen LogP contribution is 2.44. The van der Waals surface area contributed by atoms with Gasteiger partial charge in [0.25, 0.3) is 0 Å². The van der Waals surface area contributed by atoms with Crippen molar-refractivity contribution < 1.29 is 32.6 Å². The van der Waals surface area contributed by atoms with E-state index in [-0.39, 0.29) is 11.1 Å². The first kappa shape index (κ1) is 21.6. The minimum atomic E-state index is -5.30. The average Bonchev–Trinajstić information content (AvgIpc) is 2.67. The van der Waals surface area contributed by atoms with Gasteiger partial charge in [0.2, 0.25) is 5.72 Å². The van der Waals surface area contributed by atoms with E-state index in [2.05, 4.69) is 5.32 Å². The van der Waals surface area contributed by atoms with Crippen LogP contribution in [0.25, 0.3) is 0 Å². The van der Waals surface area contributed by atoms with Gasteiger partial charge in [0.05, 0.1) is 12.6 Å². The van der Waals surface area contributed by atoms with Crippen molar-refractivity contribution in [2.75, 3.05) is 6.61 Å². The topological polar surface area (TPSA) is 87.7 Å². The number of urea groups is 1. The molecule has 9 heteroatoms. The van der Waals surface area contributed by atoms with Crippen LogP contribution in [0.5, 0.6) is 5.75 Å². The highest BCUT2D eigenvalue weighted by Gasteiger charge is 2.66. The summed E-state index contributed by atoms with van der Waals surface area (Å²) in [6.07, 6.45) is -5.30. The Hall–Kier alpha value is -3.07. The van der Waals surface area contributed by atoms with Crippen molar-refractivity contribution in [2.24, 2.45) is 5.92 Å². The average molecular weight is 422 g/mol. The largest absolute Gasteiger partial charge is 0.494 e. The van der Waals surface area contributed by atoms with E-state index in [1.54, 1.807) is 32.0 Å². The van der Waals surface area contributed by atoms with Gasteiger partial charge < -0.3 is 20.5 Å². The van der Waals surface area contributed by atoms with Crippen LogP contribution in [0.3, 0.4) is 0 Å². The molecule has 0 aliphatic carbocycles. The summed E-state index contributed by atoms with van der Waals surface area (Å²) in [5.74, 6) is -2.68. The first-order valence-corrected chi connectivity index (χ1v) is 9.28. The number of aliphatic hydroxyl groups is 1. The Balaban J connectivity index is 2.14. The fourth-order valence-corrected chi connectivity index (χ4v) is 3.48. The molecule has 0 spiro atoms. The molecule has 1 aliphatic heterocycles. The highest BCUT2D eigenvalue weighted by molar-refractivity contribution is 6.00. The molecule has 3 N–H and O–H groups in total. The summed E-state index contributed by atoms with van der Waals surface area (Å²) in [5.41, 5.74) is -2.77. The lowest BCUT2D eigenvalue weighted by atomic mass is 9.77. The molecule has 2 aromatic carbocycles. The Bertz CT molecular complexity index is 946. The molecule has 160 valence electrons. The number of Topliss-reactive ketones (excluding diaryl/α,β-unsaturated/α-hetero) is 1. The zero-order valence-electron chi connectivity index (χ0n) is 16.3. The second-order valence-electron chi connectivity index (χ2n) is 7.05. The zero-order valence-corrected chi connectivity index (χ0v) is 16.3. The summed E-state index contributed by atoms with van der Waals surface area (Å²) >= 11 is 0. The van der Waals surface area contributed by atoms with Gasteiger partial charge in [-0.3, -0.25) is 4.79 Å². The minimum absolute atomic E-state index is 0.0165. The van der Waals surface area contributed by atoms with Crippen LogP contribution in [0.2, 0.25) is 0 Å². The van der Waals surface area contributed by atoms with E-state index >= 15 is 0 Å². The molecule has 0 aromatic heterocycles. The van der Waals surface area contributed by atoms with Crippen LogP contribution >= 0.6 is 0 Å². The molecule has 1 aliphatic rings. The summed E-state index contributed by atoms with van der Waals surface area (Å²) < 4.78 is 47.1. The normalized spacial score (nSPS) is 24.0. The molecular formula is C21H21F3N2O4. The van der Waals surface area contributed by atoms with Crippen molar-refractivity contribution in [3.8, 4) is 5.75 Å². The third-order valence-electron chi connectivity index (χ3n) is 4.95. The number of hydrogen-bond acceptors (Lipinski definition) is 4. The summed E-state index contributed by atoms with van der Waals surface area (Å²) in [5, 5.41) is 14.4. The first-order valence-electron chi connectivity index (χ1n) is 9.28. The van der Waals surface area contributed by atoms with Gasteiger partial charge in [-0.25, -0.2) is 4.79 Å². The van der Waals surface area contributed by atoms with Gasteiger partial charge >= 0.3 is 12.2 Å². The molecule has 0 saturated carbocycles. The predicted molar refractivity (Wildman–Crippen MR) is 102 cm³/mol. The first-order chi connectivity index (χ1) is 14.1. The van der Waals surface area contributed by atoms with Gasteiger partial charge in [0.1, 0.15) is 11.7 Å². The molecule has 3 rings (SSSR count). The molecule has 0 radical (unpaired) electrons. The minimum Gasteiger partial charge on any atom is -0.494 e. The standard InChI is InChI=1S/C21H21F3N2O4/c1-3-30-15-6-4-5-14(11-15)17-16(18(27)13-9-7-12(2)8-10-13)20(29,21(22,23)24)26-19(28)25-17/h4-11,16-17,29H,3H2,1-2H3,(H2,25,26,28). The summed E-state index contributed by atoms with van der Waals surface area (Å²) in [6.45, 7) is 3.83. The lowest BCUT2D eigenvalue weighted by Gasteiger charge is -2.45. The molecule has 6 nitrogen and oxygen atoms in total. The number of halogens is 3. The van der Waals surface area contributed by atoms with E-state index in [0.29, 0.717) is 12.4 Å². The second kappa shape index (κ2) is 7.98. The van der Waals surface area contributed by atoms with Gasteiger partial charge in [-0.1, -0.05) is 42.0 Å². The van der Waals surface area contributed by atoms with Crippen LogP contribution in [0.15, 0.2) is 48.5 Å². The molecule has 2 amide bonds. The van der Waals surface area contributed by atoms with Crippen LogP contribution in [-0.4, -0.2) is 35.4 Å². The Morgan fingerprint density at radius 3 is 2.47 bits per heavy atom. The smallest absolute Gasteiger partial charge is 0.437 e. The van der Waals surface area contributed by atoms with Crippen LogP contribution < -0.4 is 15.4 Å². The van der Waals surface area contributed by atoms with E-state index in [1.807, 2.05) is 0 Å². The van der Waals surface area contributed by atoms with Crippen LogP contribution in [0.1, 0.15) is 34.5 Å². The van der Waals surface area contributed by atoms with E-state index in [4.69, 9.17) is 4.74 Å².